The molecule has 1 saturated carbocycles. The third kappa shape index (κ3) is 2.25. The number of amides is 1. The zero-order chi connectivity index (χ0) is 10.9. The van der Waals surface area contributed by atoms with Gasteiger partial charge >= 0.3 is 0 Å². The summed E-state index contributed by atoms with van der Waals surface area (Å²) >= 11 is 0. The molecule has 1 fully saturated rings. The van der Waals surface area contributed by atoms with Gasteiger partial charge in [0.1, 0.15) is 0 Å². The monoisotopic (exact) mass is 201 g/mol. The Morgan fingerprint density at radius 1 is 1.43 bits per heavy atom. The van der Waals surface area contributed by atoms with Gasteiger partial charge in [-0.1, -0.05) is 0 Å². The van der Waals surface area contributed by atoms with Gasteiger partial charge in [-0.2, -0.15) is 0 Å². The van der Waals surface area contributed by atoms with Crippen molar-refractivity contribution >= 4 is 5.91 Å². The topological polar surface area (TPSA) is 49.8 Å². The van der Waals surface area contributed by atoms with Crippen LogP contribution in [0.15, 0.2) is 0 Å². The van der Waals surface area contributed by atoms with E-state index in [0.29, 0.717) is 0 Å². The summed E-state index contributed by atoms with van der Waals surface area (Å²) in [6, 6.07) is 0. The van der Waals surface area contributed by atoms with Crippen molar-refractivity contribution < 1.29 is 14.7 Å². The van der Waals surface area contributed by atoms with Gasteiger partial charge in [0.05, 0.1) is 11.6 Å². The van der Waals surface area contributed by atoms with E-state index in [1.54, 1.807) is 27.9 Å². The summed E-state index contributed by atoms with van der Waals surface area (Å²) in [7, 11) is 1.64. The molecule has 1 aliphatic rings. The first kappa shape index (κ1) is 11.5. The third-order valence-electron chi connectivity index (χ3n) is 2.62. The molecule has 1 rings (SSSR count). The van der Waals surface area contributed by atoms with Crippen molar-refractivity contribution in [3.05, 3.63) is 0 Å². The molecule has 1 aliphatic carbocycles. The molecule has 0 atom stereocenters. The number of carbonyl (C=O) groups excluding carboxylic acids is 1. The zero-order valence-electron chi connectivity index (χ0n) is 9.28. The van der Waals surface area contributed by atoms with Gasteiger partial charge in [-0.25, -0.2) is 5.06 Å². The van der Waals surface area contributed by atoms with Gasteiger partial charge in [0.25, 0.3) is 0 Å². The van der Waals surface area contributed by atoms with Crippen molar-refractivity contribution in [1.29, 1.82) is 0 Å². The molecule has 14 heavy (non-hydrogen) atoms. The highest BCUT2D eigenvalue weighted by atomic mass is 16.5. The average Bonchev–Trinajstić information content (AvgIpc) is 1.99. The van der Waals surface area contributed by atoms with Crippen LogP contribution in [0.25, 0.3) is 0 Å². The quantitative estimate of drug-likeness (QED) is 0.543. The Hall–Kier alpha value is -0.610. The molecule has 0 unspecified atom stereocenters. The summed E-state index contributed by atoms with van der Waals surface area (Å²) in [5, 5.41) is 10.4. The summed E-state index contributed by atoms with van der Waals surface area (Å²) in [6.45, 7) is 5.41. The molecule has 1 amide bonds. The molecule has 0 aromatic carbocycles. The molecule has 0 heterocycles. The lowest BCUT2D eigenvalue weighted by Crippen LogP contribution is -2.50. The maximum absolute atomic E-state index is 11.7. The number of ether oxygens (including phenoxy) is 1. The summed E-state index contributed by atoms with van der Waals surface area (Å²) in [5.74, 6) is -0.255. The van der Waals surface area contributed by atoms with Gasteiger partial charge in [0.2, 0.25) is 5.91 Å². The highest BCUT2D eigenvalue weighted by molar-refractivity contribution is 5.79. The number of hydroxylamine groups is 2. The first-order valence-electron chi connectivity index (χ1n) is 4.92. The minimum atomic E-state index is -0.519. The largest absolute Gasteiger partial charge is 0.381 e. The molecule has 4 heteroatoms. The van der Waals surface area contributed by atoms with E-state index < -0.39 is 5.54 Å². The lowest BCUT2D eigenvalue weighted by molar-refractivity contribution is -0.197. The fourth-order valence-electron chi connectivity index (χ4n) is 1.46. The Morgan fingerprint density at radius 2 is 1.93 bits per heavy atom. The fourth-order valence-corrected chi connectivity index (χ4v) is 1.46. The van der Waals surface area contributed by atoms with Crippen LogP contribution in [0.3, 0.4) is 0 Å². The van der Waals surface area contributed by atoms with Crippen LogP contribution >= 0.6 is 0 Å². The standard InChI is InChI=1S/C10H19NO3/c1-10(2,3)11(13)9(12)7-5-8(6-7)14-4/h7-8,13H,5-6H2,1-4H3. The number of rotatable bonds is 2. The number of methoxy groups -OCH3 is 1. The highest BCUT2D eigenvalue weighted by Gasteiger charge is 2.39. The number of nitrogens with zero attached hydrogens (tertiary/aromatic N) is 1. The van der Waals surface area contributed by atoms with Crippen LogP contribution in [0.2, 0.25) is 0 Å². The van der Waals surface area contributed by atoms with E-state index >= 15 is 0 Å². The van der Waals surface area contributed by atoms with Crippen molar-refractivity contribution in [2.24, 2.45) is 5.92 Å². The Bertz CT molecular complexity index is 216. The van der Waals surface area contributed by atoms with Gasteiger partial charge in [-0.05, 0) is 33.6 Å². The smallest absolute Gasteiger partial charge is 0.249 e. The molecule has 0 aromatic heterocycles. The van der Waals surface area contributed by atoms with Crippen LogP contribution in [-0.4, -0.2) is 34.9 Å². The second kappa shape index (κ2) is 3.87. The predicted molar refractivity (Wildman–Crippen MR) is 51.9 cm³/mol. The Labute approximate surface area is 84.8 Å². The van der Waals surface area contributed by atoms with Crippen LogP contribution in [-0.2, 0) is 9.53 Å². The van der Waals surface area contributed by atoms with Crippen molar-refractivity contribution in [2.75, 3.05) is 7.11 Å². The SMILES string of the molecule is COC1CC(C(=O)N(O)C(C)(C)C)C1. The van der Waals surface area contributed by atoms with Crippen LogP contribution in [0, 0.1) is 5.92 Å². The molecule has 1 N–H and O–H groups in total. The van der Waals surface area contributed by atoms with Crippen molar-refractivity contribution in [3.8, 4) is 0 Å². The maximum atomic E-state index is 11.7. The van der Waals surface area contributed by atoms with Crippen molar-refractivity contribution in [3.63, 3.8) is 0 Å². The molecule has 0 aliphatic heterocycles. The van der Waals surface area contributed by atoms with E-state index in [2.05, 4.69) is 0 Å². The second-order valence-electron chi connectivity index (χ2n) is 4.85. The lowest BCUT2D eigenvalue weighted by atomic mass is 9.81. The molecule has 0 aromatic rings. The number of carbonyl (C=O) groups is 1. The van der Waals surface area contributed by atoms with E-state index in [4.69, 9.17) is 4.74 Å². The second-order valence-corrected chi connectivity index (χ2v) is 4.85. The lowest BCUT2D eigenvalue weighted by Gasteiger charge is -2.38. The van der Waals surface area contributed by atoms with Gasteiger partial charge < -0.3 is 4.74 Å². The minimum absolute atomic E-state index is 0.0656. The number of hydrogen-bond donors (Lipinski definition) is 1. The van der Waals surface area contributed by atoms with E-state index in [9.17, 15) is 10.0 Å². The summed E-state index contributed by atoms with van der Waals surface area (Å²) in [5.41, 5.74) is -0.519. The fraction of sp³-hybridized carbons (Fsp3) is 0.900. The normalized spacial score (nSPS) is 26.9. The molecule has 0 radical (unpaired) electrons. The third-order valence-corrected chi connectivity index (χ3v) is 2.62. The average molecular weight is 201 g/mol. The Kier molecular flexibility index (Phi) is 3.17. The first-order chi connectivity index (χ1) is 6.36. The summed E-state index contributed by atoms with van der Waals surface area (Å²) in [4.78, 5) is 11.7. The molecule has 0 bridgehead atoms. The van der Waals surface area contributed by atoms with Gasteiger partial charge in [-0.15, -0.1) is 0 Å². The van der Waals surface area contributed by atoms with E-state index in [0.717, 1.165) is 17.9 Å². The highest BCUT2D eigenvalue weighted by Crippen LogP contribution is 2.32. The zero-order valence-corrected chi connectivity index (χ0v) is 9.28. The van der Waals surface area contributed by atoms with Crippen molar-refractivity contribution in [2.45, 2.75) is 45.3 Å². The Balaban J connectivity index is 2.44. The predicted octanol–water partition coefficient (Wildman–Crippen LogP) is 1.43. The minimum Gasteiger partial charge on any atom is -0.381 e. The van der Waals surface area contributed by atoms with Crippen LogP contribution in [0.1, 0.15) is 33.6 Å². The molecular formula is C10H19NO3. The van der Waals surface area contributed by atoms with Crippen LogP contribution < -0.4 is 0 Å². The summed E-state index contributed by atoms with van der Waals surface area (Å²) < 4.78 is 5.08. The van der Waals surface area contributed by atoms with Crippen LogP contribution in [0.4, 0.5) is 0 Å². The molecule has 0 saturated heterocycles. The van der Waals surface area contributed by atoms with Gasteiger partial charge in [0, 0.05) is 13.0 Å². The molecular weight excluding hydrogens is 182 g/mol. The van der Waals surface area contributed by atoms with Crippen molar-refractivity contribution in [1.82, 2.24) is 5.06 Å². The van der Waals surface area contributed by atoms with Crippen LogP contribution in [0.5, 0.6) is 0 Å². The number of hydrogen-bond acceptors (Lipinski definition) is 3. The summed E-state index contributed by atoms with van der Waals surface area (Å²) in [6.07, 6.45) is 1.64. The van der Waals surface area contributed by atoms with Gasteiger partial charge in [0.15, 0.2) is 0 Å². The molecule has 82 valence electrons. The molecule has 4 nitrogen and oxygen atoms in total. The first-order valence-corrected chi connectivity index (χ1v) is 4.92. The van der Waals surface area contributed by atoms with E-state index in [-0.39, 0.29) is 17.9 Å². The van der Waals surface area contributed by atoms with Gasteiger partial charge in [-0.3, -0.25) is 10.0 Å². The van der Waals surface area contributed by atoms with E-state index in [1.807, 2.05) is 0 Å². The molecule has 0 spiro atoms. The Morgan fingerprint density at radius 3 is 2.29 bits per heavy atom. The van der Waals surface area contributed by atoms with E-state index in [1.165, 1.54) is 0 Å². The maximum Gasteiger partial charge on any atom is 0.249 e.